The topological polar surface area (TPSA) is 25.8 Å². The molecule has 0 aliphatic carbocycles. The molecule has 5 heteroatoms. The van der Waals surface area contributed by atoms with Gasteiger partial charge in [-0.25, -0.2) is 4.98 Å². The fourth-order valence-corrected chi connectivity index (χ4v) is 3.35. The summed E-state index contributed by atoms with van der Waals surface area (Å²) >= 11 is 8.54. The highest BCUT2D eigenvalue weighted by atomic mass is 79.9. The van der Waals surface area contributed by atoms with Crippen LogP contribution < -0.4 is 0 Å². The third-order valence-electron chi connectivity index (χ3n) is 2.61. The third-order valence-corrected chi connectivity index (χ3v) is 4.62. The molecule has 2 aromatic heterocycles. The van der Waals surface area contributed by atoms with Gasteiger partial charge in [0.25, 0.3) is 0 Å². The standard InChI is InChI=1S/C14H8Br2N2S/c15-10-5-3-9(4-6-10)12-8-19-14(18-12)13-11(16)2-1-7-17-13/h1-8H. The normalized spacial score (nSPS) is 10.6. The molecule has 0 aliphatic heterocycles. The molecule has 2 heterocycles. The summed E-state index contributed by atoms with van der Waals surface area (Å²) in [6, 6.07) is 12.0. The lowest BCUT2D eigenvalue weighted by Crippen LogP contribution is -1.84. The van der Waals surface area contributed by atoms with Gasteiger partial charge in [0.15, 0.2) is 0 Å². The Hall–Kier alpha value is -1.04. The smallest absolute Gasteiger partial charge is 0.143 e. The minimum Gasteiger partial charge on any atom is -0.253 e. The lowest BCUT2D eigenvalue weighted by atomic mass is 10.2. The molecule has 0 unspecified atom stereocenters. The first-order valence-corrected chi connectivity index (χ1v) is 8.03. The predicted octanol–water partition coefficient (Wildman–Crippen LogP) is 5.40. The Labute approximate surface area is 131 Å². The summed E-state index contributed by atoms with van der Waals surface area (Å²) in [5, 5.41) is 2.98. The van der Waals surface area contributed by atoms with Crippen LogP contribution in [0.1, 0.15) is 0 Å². The van der Waals surface area contributed by atoms with Crippen LogP contribution in [0.2, 0.25) is 0 Å². The van der Waals surface area contributed by atoms with Crippen molar-refractivity contribution in [2.24, 2.45) is 0 Å². The molecule has 3 aromatic rings. The highest BCUT2D eigenvalue weighted by Crippen LogP contribution is 2.31. The van der Waals surface area contributed by atoms with Crippen molar-refractivity contribution in [1.29, 1.82) is 0 Å². The summed E-state index contributed by atoms with van der Waals surface area (Å²) in [7, 11) is 0. The molecule has 0 aliphatic rings. The second-order valence-corrected chi connectivity index (χ2v) is 6.51. The first kappa shape index (κ1) is 13.0. The number of aromatic nitrogens is 2. The number of benzene rings is 1. The molecular weight excluding hydrogens is 388 g/mol. The van der Waals surface area contributed by atoms with Gasteiger partial charge in [-0.1, -0.05) is 28.1 Å². The molecule has 0 saturated heterocycles. The van der Waals surface area contributed by atoms with Crippen LogP contribution in [0, 0.1) is 0 Å². The van der Waals surface area contributed by atoms with E-state index in [1.54, 1.807) is 17.5 Å². The molecular formula is C14H8Br2N2S. The van der Waals surface area contributed by atoms with Gasteiger partial charge in [0, 0.05) is 26.1 Å². The van der Waals surface area contributed by atoms with E-state index in [1.165, 1.54) is 0 Å². The van der Waals surface area contributed by atoms with E-state index in [0.29, 0.717) is 0 Å². The molecule has 3 rings (SSSR count). The van der Waals surface area contributed by atoms with E-state index in [2.05, 4.69) is 59.3 Å². The van der Waals surface area contributed by atoms with Crippen molar-refractivity contribution in [1.82, 2.24) is 9.97 Å². The van der Waals surface area contributed by atoms with E-state index >= 15 is 0 Å². The van der Waals surface area contributed by atoms with Gasteiger partial charge in [-0.2, -0.15) is 0 Å². The van der Waals surface area contributed by atoms with E-state index < -0.39 is 0 Å². The maximum atomic E-state index is 4.65. The lowest BCUT2D eigenvalue weighted by molar-refractivity contribution is 1.28. The third kappa shape index (κ3) is 2.78. The van der Waals surface area contributed by atoms with E-state index in [9.17, 15) is 0 Å². The van der Waals surface area contributed by atoms with E-state index in [4.69, 9.17) is 0 Å². The van der Waals surface area contributed by atoms with Crippen LogP contribution in [-0.2, 0) is 0 Å². The number of thiazole rings is 1. The van der Waals surface area contributed by atoms with Gasteiger partial charge in [0.05, 0.1) is 5.69 Å². The largest absolute Gasteiger partial charge is 0.253 e. The number of rotatable bonds is 2. The molecule has 0 N–H and O–H groups in total. The quantitative estimate of drug-likeness (QED) is 0.580. The van der Waals surface area contributed by atoms with Crippen LogP contribution in [0.15, 0.2) is 56.9 Å². The Morgan fingerprint density at radius 2 is 1.79 bits per heavy atom. The van der Waals surface area contributed by atoms with Gasteiger partial charge in [-0.3, -0.25) is 4.98 Å². The number of hydrogen-bond acceptors (Lipinski definition) is 3. The SMILES string of the molecule is Brc1ccc(-c2csc(-c3ncccc3Br)n2)cc1. The zero-order valence-corrected chi connectivity index (χ0v) is 13.7. The highest BCUT2D eigenvalue weighted by molar-refractivity contribution is 9.10. The van der Waals surface area contributed by atoms with Crippen LogP contribution >= 0.6 is 43.2 Å². The molecule has 0 bridgehead atoms. The molecule has 0 fully saturated rings. The summed E-state index contributed by atoms with van der Waals surface area (Å²) in [5.41, 5.74) is 2.97. The predicted molar refractivity (Wildman–Crippen MR) is 86.2 cm³/mol. The summed E-state index contributed by atoms with van der Waals surface area (Å²) in [4.78, 5) is 9.02. The average Bonchev–Trinajstić information content (AvgIpc) is 2.89. The summed E-state index contributed by atoms with van der Waals surface area (Å²) < 4.78 is 2.03. The molecule has 0 atom stereocenters. The van der Waals surface area contributed by atoms with Crippen molar-refractivity contribution < 1.29 is 0 Å². The van der Waals surface area contributed by atoms with Crippen molar-refractivity contribution in [3.63, 3.8) is 0 Å². The van der Waals surface area contributed by atoms with Crippen molar-refractivity contribution in [3.8, 4) is 22.0 Å². The Balaban J connectivity index is 2.00. The Bertz CT molecular complexity index is 707. The average molecular weight is 396 g/mol. The second kappa shape index (κ2) is 5.53. The first-order chi connectivity index (χ1) is 9.24. The van der Waals surface area contributed by atoms with Crippen molar-refractivity contribution in [2.75, 3.05) is 0 Å². The summed E-state index contributed by atoms with van der Waals surface area (Å²) in [6.07, 6.45) is 1.78. The second-order valence-electron chi connectivity index (χ2n) is 3.88. The summed E-state index contributed by atoms with van der Waals surface area (Å²) in [6.45, 7) is 0. The highest BCUT2D eigenvalue weighted by Gasteiger charge is 2.10. The van der Waals surface area contributed by atoms with Crippen molar-refractivity contribution in [2.45, 2.75) is 0 Å². The van der Waals surface area contributed by atoms with Gasteiger partial charge in [0.1, 0.15) is 10.7 Å². The Morgan fingerprint density at radius 3 is 2.53 bits per heavy atom. The molecule has 0 saturated carbocycles. The monoisotopic (exact) mass is 394 g/mol. The molecule has 0 amide bonds. The van der Waals surface area contributed by atoms with E-state index in [1.807, 2.05) is 24.3 Å². The van der Waals surface area contributed by atoms with Gasteiger partial charge < -0.3 is 0 Å². The Kier molecular flexibility index (Phi) is 3.77. The first-order valence-electron chi connectivity index (χ1n) is 5.56. The van der Waals surface area contributed by atoms with Crippen LogP contribution in [-0.4, -0.2) is 9.97 Å². The Morgan fingerprint density at radius 1 is 1.00 bits per heavy atom. The lowest BCUT2D eigenvalue weighted by Gasteiger charge is -1.98. The number of nitrogens with zero attached hydrogens (tertiary/aromatic N) is 2. The van der Waals surface area contributed by atoms with Crippen LogP contribution in [0.5, 0.6) is 0 Å². The zero-order valence-electron chi connectivity index (χ0n) is 9.68. The maximum Gasteiger partial charge on any atom is 0.143 e. The molecule has 19 heavy (non-hydrogen) atoms. The van der Waals surface area contributed by atoms with Crippen molar-refractivity contribution >= 4 is 43.2 Å². The van der Waals surface area contributed by atoms with Gasteiger partial charge in [-0.15, -0.1) is 11.3 Å². The van der Waals surface area contributed by atoms with Crippen LogP contribution in [0.3, 0.4) is 0 Å². The number of pyridine rings is 1. The number of hydrogen-bond donors (Lipinski definition) is 0. The van der Waals surface area contributed by atoms with E-state index in [-0.39, 0.29) is 0 Å². The summed E-state index contributed by atoms with van der Waals surface area (Å²) in [5.74, 6) is 0. The fourth-order valence-electron chi connectivity index (χ4n) is 1.68. The minimum atomic E-state index is 0.885. The maximum absolute atomic E-state index is 4.65. The molecule has 0 radical (unpaired) electrons. The zero-order chi connectivity index (χ0) is 13.2. The van der Waals surface area contributed by atoms with Crippen molar-refractivity contribution in [3.05, 3.63) is 56.9 Å². The molecule has 94 valence electrons. The minimum absolute atomic E-state index is 0.885. The fraction of sp³-hybridized carbons (Fsp3) is 0. The number of halogens is 2. The molecule has 1 aromatic carbocycles. The van der Waals surface area contributed by atoms with Crippen LogP contribution in [0.25, 0.3) is 22.0 Å². The van der Waals surface area contributed by atoms with Gasteiger partial charge in [0.2, 0.25) is 0 Å². The molecule has 2 nitrogen and oxygen atoms in total. The van der Waals surface area contributed by atoms with Gasteiger partial charge in [-0.05, 0) is 40.2 Å². The van der Waals surface area contributed by atoms with E-state index in [0.717, 1.165) is 30.9 Å². The van der Waals surface area contributed by atoms with Crippen LogP contribution in [0.4, 0.5) is 0 Å². The molecule has 0 spiro atoms. The van der Waals surface area contributed by atoms with Gasteiger partial charge >= 0.3 is 0 Å².